The van der Waals surface area contributed by atoms with E-state index in [1.165, 1.54) is 11.3 Å². The molecule has 1 rings (SSSR count). The highest BCUT2D eigenvalue weighted by molar-refractivity contribution is 5.76. The van der Waals surface area contributed by atoms with Crippen molar-refractivity contribution in [3.05, 3.63) is 17.0 Å². The van der Waals surface area contributed by atoms with Gasteiger partial charge >= 0.3 is 0 Å². The van der Waals surface area contributed by atoms with Crippen LogP contribution in [-0.2, 0) is 11.3 Å². The van der Waals surface area contributed by atoms with Crippen LogP contribution in [0.4, 0.5) is 0 Å². The SMILES string of the molecule is CCn1nc(C)c(C(C)NCCC(=O)NC(C)C)c1C. The lowest BCUT2D eigenvalue weighted by Gasteiger charge is -2.15. The summed E-state index contributed by atoms with van der Waals surface area (Å²) < 4.78 is 2.02. The molecule has 5 nitrogen and oxygen atoms in total. The molecular weight excluding hydrogens is 252 g/mol. The molecule has 1 heterocycles. The summed E-state index contributed by atoms with van der Waals surface area (Å²) in [6, 6.07) is 0.411. The molecule has 1 aromatic heterocycles. The minimum absolute atomic E-state index is 0.0948. The number of nitrogens with zero attached hydrogens (tertiary/aromatic N) is 2. The van der Waals surface area contributed by atoms with Gasteiger partial charge in [-0.1, -0.05) is 0 Å². The van der Waals surface area contributed by atoms with Gasteiger partial charge < -0.3 is 10.6 Å². The van der Waals surface area contributed by atoms with E-state index in [9.17, 15) is 4.79 Å². The summed E-state index contributed by atoms with van der Waals surface area (Å²) in [5.41, 5.74) is 3.52. The lowest BCUT2D eigenvalue weighted by atomic mass is 10.1. The molecule has 20 heavy (non-hydrogen) atoms. The Bertz CT molecular complexity index is 451. The van der Waals surface area contributed by atoms with Crippen molar-refractivity contribution in [1.82, 2.24) is 20.4 Å². The molecule has 0 aliphatic heterocycles. The molecule has 0 aliphatic rings. The number of nitrogens with one attached hydrogen (secondary N) is 2. The molecule has 2 N–H and O–H groups in total. The Kier molecular flexibility index (Phi) is 6.20. The zero-order valence-electron chi connectivity index (χ0n) is 13.6. The van der Waals surface area contributed by atoms with Crippen molar-refractivity contribution in [3.63, 3.8) is 0 Å². The first-order valence-corrected chi connectivity index (χ1v) is 7.43. The second-order valence-corrected chi connectivity index (χ2v) is 5.55. The van der Waals surface area contributed by atoms with Crippen molar-refractivity contribution < 1.29 is 4.79 Å². The standard InChI is InChI=1S/C15H28N4O/c1-7-19-13(6)15(12(5)18-19)11(4)16-9-8-14(20)17-10(2)3/h10-11,16H,7-9H2,1-6H3,(H,17,20). The van der Waals surface area contributed by atoms with Crippen molar-refractivity contribution in [1.29, 1.82) is 0 Å². The van der Waals surface area contributed by atoms with Gasteiger partial charge in [-0.3, -0.25) is 9.48 Å². The van der Waals surface area contributed by atoms with Gasteiger partial charge in [0, 0.05) is 42.9 Å². The van der Waals surface area contributed by atoms with Crippen molar-refractivity contribution in [2.75, 3.05) is 6.54 Å². The Balaban J connectivity index is 2.53. The maximum atomic E-state index is 11.6. The van der Waals surface area contributed by atoms with Crippen LogP contribution >= 0.6 is 0 Å². The molecule has 0 aliphatic carbocycles. The van der Waals surface area contributed by atoms with E-state index in [1.54, 1.807) is 0 Å². The smallest absolute Gasteiger partial charge is 0.221 e. The second kappa shape index (κ2) is 7.43. The van der Waals surface area contributed by atoms with Gasteiger partial charge in [-0.2, -0.15) is 5.10 Å². The third-order valence-corrected chi connectivity index (χ3v) is 3.42. The highest BCUT2D eigenvalue weighted by Crippen LogP contribution is 2.21. The topological polar surface area (TPSA) is 59.0 Å². The molecule has 5 heteroatoms. The molecule has 1 amide bonds. The van der Waals surface area contributed by atoms with Crippen LogP contribution in [0.15, 0.2) is 0 Å². The average molecular weight is 280 g/mol. The Morgan fingerprint density at radius 1 is 1.30 bits per heavy atom. The van der Waals surface area contributed by atoms with Crippen LogP contribution in [0.1, 0.15) is 57.1 Å². The summed E-state index contributed by atoms with van der Waals surface area (Å²) in [6.07, 6.45) is 0.503. The van der Waals surface area contributed by atoms with Gasteiger partial charge in [-0.25, -0.2) is 0 Å². The van der Waals surface area contributed by atoms with Crippen LogP contribution in [0.5, 0.6) is 0 Å². The van der Waals surface area contributed by atoms with Gasteiger partial charge in [-0.05, 0) is 41.5 Å². The van der Waals surface area contributed by atoms with Crippen molar-refractivity contribution >= 4 is 5.91 Å². The number of carbonyl (C=O) groups excluding carboxylic acids is 1. The predicted octanol–water partition coefficient (Wildman–Crippen LogP) is 2.09. The molecule has 1 atom stereocenters. The first-order valence-electron chi connectivity index (χ1n) is 7.43. The van der Waals surface area contributed by atoms with Crippen molar-refractivity contribution in [2.24, 2.45) is 0 Å². The van der Waals surface area contributed by atoms with E-state index in [4.69, 9.17) is 0 Å². The lowest BCUT2D eigenvalue weighted by molar-refractivity contribution is -0.121. The lowest BCUT2D eigenvalue weighted by Crippen LogP contribution is -2.33. The molecule has 0 bridgehead atoms. The monoisotopic (exact) mass is 280 g/mol. The zero-order valence-corrected chi connectivity index (χ0v) is 13.6. The van der Waals surface area contributed by atoms with Gasteiger partial charge in [0.25, 0.3) is 0 Å². The summed E-state index contributed by atoms with van der Waals surface area (Å²) >= 11 is 0. The fraction of sp³-hybridized carbons (Fsp3) is 0.733. The summed E-state index contributed by atoms with van der Waals surface area (Å²) in [5.74, 6) is 0.0948. The Morgan fingerprint density at radius 3 is 2.45 bits per heavy atom. The number of aryl methyl sites for hydroxylation is 2. The minimum Gasteiger partial charge on any atom is -0.354 e. The largest absolute Gasteiger partial charge is 0.354 e. The average Bonchev–Trinajstić information content (AvgIpc) is 2.63. The van der Waals surface area contributed by atoms with E-state index in [-0.39, 0.29) is 18.0 Å². The number of aromatic nitrogens is 2. The van der Waals surface area contributed by atoms with Crippen LogP contribution in [0.2, 0.25) is 0 Å². The number of amides is 1. The first-order chi connectivity index (χ1) is 9.36. The van der Waals surface area contributed by atoms with E-state index in [1.807, 2.05) is 25.5 Å². The van der Waals surface area contributed by atoms with Gasteiger partial charge in [-0.15, -0.1) is 0 Å². The number of hydrogen-bond acceptors (Lipinski definition) is 3. The number of carbonyl (C=O) groups is 1. The van der Waals surface area contributed by atoms with Crippen LogP contribution in [0.25, 0.3) is 0 Å². The normalized spacial score (nSPS) is 12.8. The van der Waals surface area contributed by atoms with Crippen LogP contribution in [0, 0.1) is 13.8 Å². The van der Waals surface area contributed by atoms with E-state index >= 15 is 0 Å². The summed E-state index contributed by atoms with van der Waals surface area (Å²) in [5, 5.41) is 10.8. The number of rotatable bonds is 7. The summed E-state index contributed by atoms with van der Waals surface area (Å²) in [4.78, 5) is 11.6. The van der Waals surface area contributed by atoms with Crippen molar-refractivity contribution in [2.45, 2.75) is 66.6 Å². The van der Waals surface area contributed by atoms with Gasteiger partial charge in [0.15, 0.2) is 0 Å². The van der Waals surface area contributed by atoms with Crippen LogP contribution in [0.3, 0.4) is 0 Å². The van der Waals surface area contributed by atoms with E-state index in [0.29, 0.717) is 13.0 Å². The Hall–Kier alpha value is -1.36. The van der Waals surface area contributed by atoms with Crippen LogP contribution < -0.4 is 10.6 Å². The molecule has 114 valence electrons. The van der Waals surface area contributed by atoms with E-state index in [2.05, 4.69) is 36.5 Å². The first kappa shape index (κ1) is 16.7. The highest BCUT2D eigenvalue weighted by atomic mass is 16.1. The van der Waals surface area contributed by atoms with Crippen molar-refractivity contribution in [3.8, 4) is 0 Å². The molecule has 0 radical (unpaired) electrons. The quantitative estimate of drug-likeness (QED) is 0.804. The fourth-order valence-electron chi connectivity index (χ4n) is 2.54. The maximum absolute atomic E-state index is 11.6. The van der Waals surface area contributed by atoms with Gasteiger partial charge in [0.05, 0.1) is 5.69 Å². The van der Waals surface area contributed by atoms with Gasteiger partial charge in [0.1, 0.15) is 0 Å². The summed E-state index contributed by atoms with van der Waals surface area (Å²) in [7, 11) is 0. The maximum Gasteiger partial charge on any atom is 0.221 e. The fourth-order valence-corrected chi connectivity index (χ4v) is 2.54. The highest BCUT2D eigenvalue weighted by Gasteiger charge is 2.16. The van der Waals surface area contributed by atoms with E-state index < -0.39 is 0 Å². The molecule has 0 saturated heterocycles. The Labute approximate surface area is 122 Å². The van der Waals surface area contributed by atoms with E-state index in [0.717, 1.165) is 12.2 Å². The molecule has 0 saturated carbocycles. The predicted molar refractivity (Wildman–Crippen MR) is 81.7 cm³/mol. The molecule has 0 fully saturated rings. The third-order valence-electron chi connectivity index (χ3n) is 3.42. The Morgan fingerprint density at radius 2 is 1.95 bits per heavy atom. The molecule has 0 aromatic carbocycles. The second-order valence-electron chi connectivity index (χ2n) is 5.55. The number of hydrogen-bond donors (Lipinski definition) is 2. The molecule has 1 aromatic rings. The molecular formula is C15H28N4O. The van der Waals surface area contributed by atoms with Crippen LogP contribution in [-0.4, -0.2) is 28.3 Å². The summed E-state index contributed by atoms with van der Waals surface area (Å²) in [6.45, 7) is 13.9. The zero-order chi connectivity index (χ0) is 15.3. The molecule has 1 unspecified atom stereocenters. The van der Waals surface area contributed by atoms with Gasteiger partial charge in [0.2, 0.25) is 5.91 Å². The molecule has 0 spiro atoms. The minimum atomic E-state index is 0.0948. The third kappa shape index (κ3) is 4.34.